The summed E-state index contributed by atoms with van der Waals surface area (Å²) in [5, 5.41) is 2.24. The minimum absolute atomic E-state index is 0.600. The maximum atomic E-state index is 7.20. The van der Waals surface area contributed by atoms with Crippen LogP contribution in [0.4, 0.5) is 0 Å². The Morgan fingerprint density at radius 2 is 0.984 bits per heavy atom. The number of hydrogen-bond donors (Lipinski definition) is 0. The molecule has 0 radical (unpaired) electrons. The van der Waals surface area contributed by atoms with E-state index in [9.17, 15) is 0 Å². The second-order valence-electron chi connectivity index (χ2n) is 16.2. The van der Waals surface area contributed by atoms with E-state index >= 15 is 0 Å². The molecule has 2 aliphatic rings. The summed E-state index contributed by atoms with van der Waals surface area (Å²) in [6.45, 7) is 4.07. The number of nitrogens with zero attached hydrogens (tertiary/aromatic N) is 4. The molecule has 0 amide bonds. The van der Waals surface area contributed by atoms with Gasteiger partial charge in [0.1, 0.15) is 17.3 Å². The zero-order chi connectivity index (χ0) is 41.4. The molecule has 10 aromatic rings. The van der Waals surface area contributed by atoms with Crippen molar-refractivity contribution in [2.24, 2.45) is 0 Å². The second-order valence-corrected chi connectivity index (χ2v) is 16.2. The number of ether oxygens (including phenoxy) is 1. The molecule has 0 N–H and O–H groups in total. The van der Waals surface area contributed by atoms with Gasteiger partial charge in [0.2, 0.25) is 0 Å². The second kappa shape index (κ2) is 14.0. The number of aromatic nitrogens is 4. The molecule has 1 spiro atoms. The SMILES string of the molecule is Cc1nc(-c2ccc3c(c2)Oc2cc(-c4ccccc4-c4cncc(C)c4-c4ccccc4)ccc2C32c3ccccc3-c3ccccc32)nc(-c2cccc3ccccc23)n1. The number of rotatable bonds is 5. The van der Waals surface area contributed by atoms with Crippen LogP contribution in [0.3, 0.4) is 0 Å². The molecular weight excluding hydrogens is 757 g/mol. The lowest BCUT2D eigenvalue weighted by atomic mass is 9.66. The number of benzene rings is 8. The Balaban J connectivity index is 1.06. The number of pyridine rings is 1. The van der Waals surface area contributed by atoms with Gasteiger partial charge in [0.15, 0.2) is 11.6 Å². The van der Waals surface area contributed by atoms with Gasteiger partial charge in [0.05, 0.1) is 5.41 Å². The van der Waals surface area contributed by atoms with Crippen LogP contribution in [0.2, 0.25) is 0 Å². The van der Waals surface area contributed by atoms with Crippen LogP contribution in [-0.2, 0) is 5.41 Å². The van der Waals surface area contributed by atoms with E-state index in [2.05, 4.69) is 189 Å². The van der Waals surface area contributed by atoms with Crippen molar-refractivity contribution in [3.05, 3.63) is 228 Å². The highest BCUT2D eigenvalue weighted by atomic mass is 16.5. The van der Waals surface area contributed by atoms with Crippen molar-refractivity contribution in [1.82, 2.24) is 19.9 Å². The number of fused-ring (bicyclic) bond motifs is 10. The van der Waals surface area contributed by atoms with Gasteiger partial charge in [-0.05, 0) is 92.4 Å². The fraction of sp³-hybridized carbons (Fsp3) is 0.0526. The zero-order valence-electron chi connectivity index (χ0n) is 34.2. The Morgan fingerprint density at radius 3 is 1.74 bits per heavy atom. The molecule has 12 rings (SSSR count). The van der Waals surface area contributed by atoms with E-state index in [1.54, 1.807) is 0 Å². The Bertz CT molecular complexity index is 3380. The highest BCUT2D eigenvalue weighted by molar-refractivity contribution is 5.96. The lowest BCUT2D eigenvalue weighted by Gasteiger charge is -2.39. The van der Waals surface area contributed by atoms with Crippen molar-refractivity contribution in [2.75, 3.05) is 0 Å². The lowest BCUT2D eigenvalue weighted by Crippen LogP contribution is -2.32. The first-order valence-corrected chi connectivity index (χ1v) is 21.0. The van der Waals surface area contributed by atoms with E-state index in [1.165, 1.54) is 27.8 Å². The van der Waals surface area contributed by atoms with E-state index in [1.807, 2.05) is 19.3 Å². The maximum absolute atomic E-state index is 7.20. The molecule has 1 aliphatic heterocycles. The van der Waals surface area contributed by atoms with Crippen LogP contribution >= 0.6 is 0 Å². The number of aryl methyl sites for hydroxylation is 2. The predicted octanol–water partition coefficient (Wildman–Crippen LogP) is 13.8. The molecule has 3 heterocycles. The normalized spacial score (nSPS) is 12.9. The predicted molar refractivity (Wildman–Crippen MR) is 249 cm³/mol. The quantitative estimate of drug-likeness (QED) is 0.174. The molecule has 62 heavy (non-hydrogen) atoms. The van der Waals surface area contributed by atoms with Gasteiger partial charge >= 0.3 is 0 Å². The Morgan fingerprint density at radius 1 is 0.403 bits per heavy atom. The van der Waals surface area contributed by atoms with Gasteiger partial charge in [-0.25, -0.2) is 15.0 Å². The van der Waals surface area contributed by atoms with Gasteiger partial charge in [-0.1, -0.05) is 170 Å². The van der Waals surface area contributed by atoms with Crippen molar-refractivity contribution < 1.29 is 4.74 Å². The average Bonchev–Trinajstić information content (AvgIpc) is 3.61. The van der Waals surface area contributed by atoms with Gasteiger partial charge < -0.3 is 4.74 Å². The molecule has 0 atom stereocenters. The van der Waals surface area contributed by atoms with Gasteiger partial charge in [-0.2, -0.15) is 0 Å². The average molecular weight is 795 g/mol. The minimum atomic E-state index is -0.628. The molecule has 1 aliphatic carbocycles. The molecule has 5 nitrogen and oxygen atoms in total. The highest BCUT2D eigenvalue weighted by Gasteiger charge is 2.51. The van der Waals surface area contributed by atoms with Crippen molar-refractivity contribution in [3.8, 4) is 78.8 Å². The van der Waals surface area contributed by atoms with Gasteiger partial charge in [-0.15, -0.1) is 0 Å². The Hall–Kier alpha value is -8.02. The molecule has 2 aromatic heterocycles. The van der Waals surface area contributed by atoms with Crippen molar-refractivity contribution in [3.63, 3.8) is 0 Å². The minimum Gasteiger partial charge on any atom is -0.457 e. The molecule has 0 saturated heterocycles. The van der Waals surface area contributed by atoms with Crippen LogP contribution in [0.5, 0.6) is 11.5 Å². The van der Waals surface area contributed by atoms with Crippen LogP contribution in [0.1, 0.15) is 33.6 Å². The first-order valence-electron chi connectivity index (χ1n) is 21.0. The monoisotopic (exact) mass is 794 g/mol. The van der Waals surface area contributed by atoms with Gasteiger partial charge in [-0.3, -0.25) is 4.98 Å². The Labute approximate surface area is 360 Å². The van der Waals surface area contributed by atoms with Crippen molar-refractivity contribution in [1.29, 1.82) is 0 Å². The van der Waals surface area contributed by atoms with E-state index in [-0.39, 0.29) is 0 Å². The van der Waals surface area contributed by atoms with E-state index < -0.39 is 5.41 Å². The standard InChI is InChI=1S/C57H38N4O/c1-35-33-58-34-47(54(35)38-16-4-3-5-17-38)43-21-9-8-20-42(43)39-27-29-50-52(31-39)62-53-32-40(55-59-36(2)60-56(61-55)46-24-14-18-37-15-6-7-19-41(37)46)28-30-51(53)57(50)48-25-12-10-22-44(48)45-23-11-13-26-49(45)57/h3-34H,1-2H3. The summed E-state index contributed by atoms with van der Waals surface area (Å²) in [4.78, 5) is 19.6. The van der Waals surface area contributed by atoms with Crippen molar-refractivity contribution >= 4 is 10.8 Å². The third-order valence-electron chi connectivity index (χ3n) is 12.7. The van der Waals surface area contributed by atoms with Crippen molar-refractivity contribution in [2.45, 2.75) is 19.3 Å². The maximum Gasteiger partial charge on any atom is 0.164 e. The third-order valence-corrected chi connectivity index (χ3v) is 12.7. The molecular formula is C57H38N4O. The molecule has 0 fully saturated rings. The van der Waals surface area contributed by atoms with Gasteiger partial charge in [0.25, 0.3) is 0 Å². The third kappa shape index (κ3) is 5.41. The van der Waals surface area contributed by atoms with E-state index in [0.717, 1.165) is 77.9 Å². The molecule has 292 valence electrons. The van der Waals surface area contributed by atoms with Gasteiger partial charge in [0, 0.05) is 40.2 Å². The summed E-state index contributed by atoms with van der Waals surface area (Å²) >= 11 is 0. The zero-order valence-corrected chi connectivity index (χ0v) is 34.2. The first-order chi connectivity index (χ1) is 30.6. The van der Waals surface area contributed by atoms with Crippen LogP contribution < -0.4 is 4.74 Å². The smallest absolute Gasteiger partial charge is 0.164 e. The summed E-state index contributed by atoms with van der Waals surface area (Å²) in [6.07, 6.45) is 3.95. The van der Waals surface area contributed by atoms with Crippen LogP contribution in [-0.4, -0.2) is 19.9 Å². The largest absolute Gasteiger partial charge is 0.457 e. The summed E-state index contributed by atoms with van der Waals surface area (Å²) in [5.41, 5.74) is 16.2. The van der Waals surface area contributed by atoms with Crippen LogP contribution in [0, 0.1) is 13.8 Å². The molecule has 5 heteroatoms. The molecule has 0 bridgehead atoms. The fourth-order valence-corrected chi connectivity index (χ4v) is 10.1. The summed E-state index contributed by atoms with van der Waals surface area (Å²) in [5.74, 6) is 3.47. The van der Waals surface area contributed by atoms with E-state index in [4.69, 9.17) is 24.7 Å². The highest BCUT2D eigenvalue weighted by Crippen LogP contribution is 2.62. The lowest BCUT2D eigenvalue weighted by molar-refractivity contribution is 0.437. The summed E-state index contributed by atoms with van der Waals surface area (Å²) in [7, 11) is 0. The molecule has 0 unspecified atom stereocenters. The summed E-state index contributed by atoms with van der Waals surface area (Å²) < 4.78 is 7.20. The Kier molecular flexibility index (Phi) is 8.12. The fourth-order valence-electron chi connectivity index (χ4n) is 10.1. The van der Waals surface area contributed by atoms with Crippen LogP contribution in [0.25, 0.3) is 78.1 Å². The molecule has 0 saturated carbocycles. The topological polar surface area (TPSA) is 60.8 Å². The molecule has 8 aromatic carbocycles. The summed E-state index contributed by atoms with van der Waals surface area (Å²) in [6, 6.07) is 64.8. The number of hydrogen-bond acceptors (Lipinski definition) is 5. The van der Waals surface area contributed by atoms with Crippen LogP contribution in [0.15, 0.2) is 194 Å². The van der Waals surface area contributed by atoms with E-state index in [0.29, 0.717) is 17.5 Å². The first kappa shape index (κ1) is 35.9.